The normalized spacial score (nSPS) is 19.6. The van der Waals surface area contributed by atoms with Crippen molar-refractivity contribution in [2.75, 3.05) is 13.1 Å². The van der Waals surface area contributed by atoms with E-state index in [0.717, 1.165) is 18.4 Å². The zero-order valence-electron chi connectivity index (χ0n) is 12.7. The second kappa shape index (κ2) is 6.95. The summed E-state index contributed by atoms with van der Waals surface area (Å²) in [5, 5.41) is 3.40. The van der Waals surface area contributed by atoms with Gasteiger partial charge >= 0.3 is 0 Å². The van der Waals surface area contributed by atoms with Crippen LogP contribution in [0.15, 0.2) is 52.1 Å². The third-order valence-corrected chi connectivity index (χ3v) is 6.89. The summed E-state index contributed by atoms with van der Waals surface area (Å²) in [5.74, 6) is -0.0845. The van der Waals surface area contributed by atoms with Crippen molar-refractivity contribution in [1.82, 2.24) is 4.31 Å². The Morgan fingerprint density at radius 2 is 2.00 bits per heavy atom. The molecule has 0 unspecified atom stereocenters. The Labute approximate surface area is 140 Å². The predicted octanol–water partition coefficient (Wildman–Crippen LogP) is 2.96. The molecule has 1 aromatic carbocycles. The molecule has 122 valence electrons. The Morgan fingerprint density at radius 1 is 1.22 bits per heavy atom. The Balaban J connectivity index is 1.70. The fourth-order valence-electron chi connectivity index (χ4n) is 2.91. The van der Waals surface area contributed by atoms with Crippen LogP contribution in [0.1, 0.15) is 18.4 Å². The van der Waals surface area contributed by atoms with Gasteiger partial charge in [0.2, 0.25) is 10.0 Å². The molecule has 2 aromatic rings. The highest BCUT2D eigenvalue weighted by Crippen LogP contribution is 2.26. The van der Waals surface area contributed by atoms with Crippen molar-refractivity contribution in [2.24, 2.45) is 5.92 Å². The zero-order chi connectivity index (χ0) is 16.3. The van der Waals surface area contributed by atoms with Crippen LogP contribution in [0.3, 0.4) is 0 Å². The summed E-state index contributed by atoms with van der Waals surface area (Å²) in [6, 6.07) is 11.2. The van der Waals surface area contributed by atoms with Crippen LogP contribution in [0.2, 0.25) is 0 Å². The molecule has 2 heterocycles. The van der Waals surface area contributed by atoms with Gasteiger partial charge in [0.1, 0.15) is 5.78 Å². The molecule has 0 spiro atoms. The van der Waals surface area contributed by atoms with Crippen LogP contribution in [0, 0.1) is 5.92 Å². The summed E-state index contributed by atoms with van der Waals surface area (Å²) < 4.78 is 26.7. The number of sulfonamides is 1. The molecule has 6 heteroatoms. The van der Waals surface area contributed by atoms with Gasteiger partial charge in [-0.05, 0) is 29.9 Å². The maximum atomic E-state index is 12.6. The summed E-state index contributed by atoms with van der Waals surface area (Å²) in [5.41, 5.74) is 0.982. The zero-order valence-corrected chi connectivity index (χ0v) is 14.4. The van der Waals surface area contributed by atoms with Crippen molar-refractivity contribution in [2.45, 2.75) is 24.2 Å². The fraction of sp³-hybridized carbons (Fsp3) is 0.353. The lowest BCUT2D eigenvalue weighted by molar-refractivity contribution is -0.123. The SMILES string of the molecule is O=C(Cc1ccccc1)[C@@H]1CCCN(S(=O)(=O)c2ccsc2)C1. The average molecular weight is 349 g/mol. The van der Waals surface area contributed by atoms with E-state index in [4.69, 9.17) is 0 Å². The number of nitrogens with zero attached hydrogens (tertiary/aromatic N) is 1. The maximum absolute atomic E-state index is 12.6. The summed E-state index contributed by atoms with van der Waals surface area (Å²) in [4.78, 5) is 12.8. The minimum Gasteiger partial charge on any atom is -0.299 e. The number of ketones is 1. The molecule has 3 rings (SSSR count). The first-order chi connectivity index (χ1) is 11.1. The van der Waals surface area contributed by atoms with E-state index in [1.165, 1.54) is 15.6 Å². The summed E-state index contributed by atoms with van der Waals surface area (Å²) in [7, 11) is -3.47. The van der Waals surface area contributed by atoms with E-state index in [9.17, 15) is 13.2 Å². The standard InChI is InChI=1S/C17H19NO3S2/c19-17(11-14-5-2-1-3-6-14)15-7-4-9-18(12-15)23(20,21)16-8-10-22-13-16/h1-3,5-6,8,10,13,15H,4,7,9,11-12H2/t15-/m1/s1. The van der Waals surface area contributed by atoms with Gasteiger partial charge in [0.25, 0.3) is 0 Å². The number of piperidine rings is 1. The molecule has 1 atom stereocenters. The van der Waals surface area contributed by atoms with Crippen molar-refractivity contribution in [1.29, 1.82) is 0 Å². The van der Waals surface area contributed by atoms with Crippen molar-refractivity contribution >= 4 is 27.1 Å². The molecular formula is C17H19NO3S2. The molecule has 1 aromatic heterocycles. The molecular weight excluding hydrogens is 330 g/mol. The van der Waals surface area contributed by atoms with Crippen molar-refractivity contribution in [3.63, 3.8) is 0 Å². The van der Waals surface area contributed by atoms with Crippen LogP contribution in [-0.4, -0.2) is 31.6 Å². The number of thiophene rings is 1. The molecule has 4 nitrogen and oxygen atoms in total. The quantitative estimate of drug-likeness (QED) is 0.834. The van der Waals surface area contributed by atoms with Crippen LogP contribution in [0.4, 0.5) is 0 Å². The second-order valence-corrected chi connectivity index (χ2v) is 8.51. The monoisotopic (exact) mass is 349 g/mol. The molecule has 0 radical (unpaired) electrons. The Bertz CT molecular complexity index is 754. The topological polar surface area (TPSA) is 54.5 Å². The van der Waals surface area contributed by atoms with Crippen LogP contribution < -0.4 is 0 Å². The van der Waals surface area contributed by atoms with Crippen LogP contribution in [0.25, 0.3) is 0 Å². The summed E-state index contributed by atoms with van der Waals surface area (Å²) in [6.45, 7) is 0.789. The molecule has 1 aliphatic heterocycles. The average Bonchev–Trinajstić information content (AvgIpc) is 3.11. The number of hydrogen-bond donors (Lipinski definition) is 0. The van der Waals surface area contributed by atoms with Crippen molar-refractivity contribution in [3.05, 3.63) is 52.7 Å². The Hall–Kier alpha value is -1.50. The van der Waals surface area contributed by atoms with Gasteiger partial charge < -0.3 is 0 Å². The van der Waals surface area contributed by atoms with Gasteiger partial charge in [-0.2, -0.15) is 15.6 Å². The van der Waals surface area contributed by atoms with Crippen LogP contribution >= 0.6 is 11.3 Å². The minimum atomic E-state index is -3.47. The highest BCUT2D eigenvalue weighted by molar-refractivity contribution is 7.89. The minimum absolute atomic E-state index is 0.126. The van der Waals surface area contributed by atoms with E-state index in [2.05, 4.69) is 0 Å². The van der Waals surface area contributed by atoms with Gasteiger partial charge in [-0.25, -0.2) is 8.42 Å². The number of rotatable bonds is 5. The van der Waals surface area contributed by atoms with Gasteiger partial charge in [0.05, 0.1) is 4.90 Å². The first-order valence-electron chi connectivity index (χ1n) is 7.66. The van der Waals surface area contributed by atoms with E-state index in [1.807, 2.05) is 30.3 Å². The largest absolute Gasteiger partial charge is 0.299 e. The van der Waals surface area contributed by atoms with Crippen molar-refractivity contribution < 1.29 is 13.2 Å². The highest BCUT2D eigenvalue weighted by atomic mass is 32.2. The number of carbonyl (C=O) groups is 1. The number of Topliss-reactive ketones (excluding diaryl/α,β-unsaturated/α-hetero) is 1. The number of benzene rings is 1. The van der Waals surface area contributed by atoms with E-state index in [-0.39, 0.29) is 11.7 Å². The molecule has 1 aliphatic rings. The van der Waals surface area contributed by atoms with E-state index in [1.54, 1.807) is 16.8 Å². The molecule has 1 fully saturated rings. The Morgan fingerprint density at radius 3 is 2.70 bits per heavy atom. The van der Waals surface area contributed by atoms with Gasteiger partial charge in [-0.1, -0.05) is 30.3 Å². The lowest BCUT2D eigenvalue weighted by Gasteiger charge is -2.31. The van der Waals surface area contributed by atoms with Crippen molar-refractivity contribution in [3.8, 4) is 0 Å². The third-order valence-electron chi connectivity index (χ3n) is 4.19. The van der Waals surface area contributed by atoms with Gasteiger partial charge in [0.15, 0.2) is 0 Å². The van der Waals surface area contributed by atoms with Gasteiger partial charge in [-0.3, -0.25) is 4.79 Å². The third kappa shape index (κ3) is 3.71. The predicted molar refractivity (Wildman–Crippen MR) is 91.0 cm³/mol. The second-order valence-electron chi connectivity index (χ2n) is 5.79. The molecule has 0 N–H and O–H groups in total. The molecule has 0 amide bonds. The summed E-state index contributed by atoms with van der Waals surface area (Å²) in [6.07, 6.45) is 1.87. The molecule has 0 aliphatic carbocycles. The van der Waals surface area contributed by atoms with Crippen LogP contribution in [0.5, 0.6) is 0 Å². The summed E-state index contributed by atoms with van der Waals surface area (Å²) >= 11 is 1.37. The molecule has 23 heavy (non-hydrogen) atoms. The fourth-order valence-corrected chi connectivity index (χ4v) is 5.45. The highest BCUT2D eigenvalue weighted by Gasteiger charge is 2.33. The lowest BCUT2D eigenvalue weighted by Crippen LogP contribution is -2.42. The molecule has 1 saturated heterocycles. The smallest absolute Gasteiger partial charge is 0.243 e. The number of hydrogen-bond acceptors (Lipinski definition) is 4. The lowest BCUT2D eigenvalue weighted by atomic mass is 9.91. The first kappa shape index (κ1) is 16.4. The van der Waals surface area contributed by atoms with E-state index >= 15 is 0 Å². The molecule has 0 bridgehead atoms. The van der Waals surface area contributed by atoms with E-state index < -0.39 is 10.0 Å². The number of carbonyl (C=O) groups excluding carboxylic acids is 1. The Kier molecular flexibility index (Phi) is 4.94. The van der Waals surface area contributed by atoms with Gasteiger partial charge in [-0.15, -0.1) is 0 Å². The first-order valence-corrected chi connectivity index (χ1v) is 10.0. The van der Waals surface area contributed by atoms with Crippen LogP contribution in [-0.2, 0) is 21.2 Å². The van der Waals surface area contributed by atoms with E-state index in [0.29, 0.717) is 24.4 Å². The maximum Gasteiger partial charge on any atom is 0.243 e. The van der Waals surface area contributed by atoms with Gasteiger partial charge in [0, 0.05) is 30.8 Å². The molecule has 0 saturated carbocycles.